The fraction of sp³-hybridized carbons (Fsp3) is 0.632. The molecule has 0 spiro atoms. The lowest BCUT2D eigenvalue weighted by atomic mass is 9.98. The average Bonchev–Trinajstić information content (AvgIpc) is 3.37. The predicted molar refractivity (Wildman–Crippen MR) is 106 cm³/mol. The molecule has 2 saturated heterocycles. The molecular formula is C19H27N5O3S. The van der Waals surface area contributed by atoms with Gasteiger partial charge in [0.1, 0.15) is 11.7 Å². The van der Waals surface area contributed by atoms with E-state index >= 15 is 0 Å². The minimum atomic E-state index is 0.0129. The summed E-state index contributed by atoms with van der Waals surface area (Å²) in [5.74, 6) is 0.413. The Morgan fingerprint density at radius 1 is 1.18 bits per heavy atom. The molecule has 0 aliphatic carbocycles. The third-order valence-electron chi connectivity index (χ3n) is 5.64. The molecule has 0 N–H and O–H groups in total. The summed E-state index contributed by atoms with van der Waals surface area (Å²) in [4.78, 5) is 21.5. The molecule has 1 amide bonds. The van der Waals surface area contributed by atoms with Crippen molar-refractivity contribution in [2.45, 2.75) is 37.8 Å². The first-order valence-corrected chi connectivity index (χ1v) is 10.7. The van der Waals surface area contributed by atoms with Gasteiger partial charge >= 0.3 is 0 Å². The standard InChI is InChI=1S/C19H27N5O3S/c1-22-13-16(17(21-22)26-2)18(25)24-8-3-14(4-9-24)23-10-5-15(6-11-23)27-19-20-7-12-28-19/h7,12-15H,3-6,8-11H2,1-2H3. The van der Waals surface area contributed by atoms with Crippen LogP contribution in [0.25, 0.3) is 0 Å². The zero-order valence-corrected chi connectivity index (χ0v) is 17.2. The SMILES string of the molecule is COc1nn(C)cc1C(=O)N1CCC(N2CCC(Oc3nccs3)CC2)CC1. The monoisotopic (exact) mass is 405 g/mol. The minimum absolute atomic E-state index is 0.0129. The van der Waals surface area contributed by atoms with Gasteiger partial charge in [-0.1, -0.05) is 11.3 Å². The Morgan fingerprint density at radius 2 is 1.93 bits per heavy atom. The number of aromatic nitrogens is 3. The van der Waals surface area contributed by atoms with Crippen molar-refractivity contribution in [2.75, 3.05) is 33.3 Å². The number of aryl methyl sites for hydroxylation is 1. The van der Waals surface area contributed by atoms with E-state index in [1.54, 1.807) is 42.6 Å². The van der Waals surface area contributed by atoms with Crippen LogP contribution in [0.4, 0.5) is 0 Å². The number of hydrogen-bond acceptors (Lipinski definition) is 7. The summed E-state index contributed by atoms with van der Waals surface area (Å²) in [7, 11) is 3.35. The van der Waals surface area contributed by atoms with Crippen LogP contribution < -0.4 is 9.47 Å². The van der Waals surface area contributed by atoms with Crippen LogP contribution in [-0.2, 0) is 7.05 Å². The Hall–Kier alpha value is -2.13. The number of ether oxygens (including phenoxy) is 2. The summed E-state index contributed by atoms with van der Waals surface area (Å²) in [6.07, 6.45) is 7.86. The fourth-order valence-electron chi connectivity index (χ4n) is 4.14. The van der Waals surface area contributed by atoms with Crippen molar-refractivity contribution in [3.05, 3.63) is 23.3 Å². The number of piperidine rings is 2. The molecular weight excluding hydrogens is 378 g/mol. The Bertz CT molecular complexity index is 778. The number of carbonyl (C=O) groups excluding carboxylic acids is 1. The third-order valence-corrected chi connectivity index (χ3v) is 6.30. The number of nitrogens with zero attached hydrogens (tertiary/aromatic N) is 5. The lowest BCUT2D eigenvalue weighted by Crippen LogP contribution is -2.50. The molecule has 0 saturated carbocycles. The fourth-order valence-corrected chi connectivity index (χ4v) is 4.69. The molecule has 152 valence electrons. The van der Waals surface area contributed by atoms with Gasteiger partial charge in [-0.25, -0.2) is 4.98 Å². The smallest absolute Gasteiger partial charge is 0.273 e. The summed E-state index contributed by atoms with van der Waals surface area (Å²) in [6, 6.07) is 0.542. The Morgan fingerprint density at radius 3 is 2.57 bits per heavy atom. The number of hydrogen-bond donors (Lipinski definition) is 0. The van der Waals surface area contributed by atoms with Crippen LogP contribution in [0.3, 0.4) is 0 Å². The van der Waals surface area contributed by atoms with Gasteiger partial charge in [0, 0.05) is 57.0 Å². The molecule has 0 bridgehead atoms. The molecule has 0 aromatic carbocycles. The summed E-state index contributed by atoms with van der Waals surface area (Å²) in [5.41, 5.74) is 0.545. The van der Waals surface area contributed by atoms with Crippen LogP contribution in [0.5, 0.6) is 11.1 Å². The first-order chi connectivity index (χ1) is 13.6. The van der Waals surface area contributed by atoms with Gasteiger partial charge in [-0.15, -0.1) is 5.10 Å². The molecule has 28 heavy (non-hydrogen) atoms. The van der Waals surface area contributed by atoms with Gasteiger partial charge in [0.2, 0.25) is 5.88 Å². The van der Waals surface area contributed by atoms with E-state index in [4.69, 9.17) is 9.47 Å². The number of rotatable bonds is 5. The molecule has 2 fully saturated rings. The highest BCUT2D eigenvalue weighted by molar-refractivity contribution is 7.11. The Balaban J connectivity index is 1.26. The van der Waals surface area contributed by atoms with E-state index < -0.39 is 0 Å². The van der Waals surface area contributed by atoms with Crippen molar-refractivity contribution in [1.82, 2.24) is 24.6 Å². The maximum absolute atomic E-state index is 12.8. The number of methoxy groups -OCH3 is 1. The van der Waals surface area contributed by atoms with E-state index in [1.165, 1.54) is 0 Å². The van der Waals surface area contributed by atoms with E-state index in [1.807, 2.05) is 10.3 Å². The van der Waals surface area contributed by atoms with Crippen LogP contribution in [-0.4, -0.2) is 75.9 Å². The number of amides is 1. The van der Waals surface area contributed by atoms with Crippen LogP contribution in [0.2, 0.25) is 0 Å². The zero-order valence-electron chi connectivity index (χ0n) is 16.4. The van der Waals surface area contributed by atoms with Gasteiger partial charge in [0.15, 0.2) is 0 Å². The highest BCUT2D eigenvalue weighted by atomic mass is 32.1. The normalized spacial score (nSPS) is 19.7. The molecule has 4 heterocycles. The van der Waals surface area contributed by atoms with Crippen molar-refractivity contribution in [3.63, 3.8) is 0 Å². The molecule has 2 aromatic heterocycles. The topological polar surface area (TPSA) is 72.7 Å². The summed E-state index contributed by atoms with van der Waals surface area (Å²) in [6.45, 7) is 3.64. The number of carbonyl (C=O) groups is 1. The zero-order chi connectivity index (χ0) is 19.5. The van der Waals surface area contributed by atoms with Crippen molar-refractivity contribution in [1.29, 1.82) is 0 Å². The van der Waals surface area contributed by atoms with Crippen LogP contribution in [0.1, 0.15) is 36.0 Å². The molecule has 0 unspecified atom stereocenters. The van der Waals surface area contributed by atoms with Gasteiger partial charge in [0.05, 0.1) is 7.11 Å². The summed E-state index contributed by atoms with van der Waals surface area (Å²) < 4.78 is 12.8. The Kier molecular flexibility index (Phi) is 5.82. The van der Waals surface area contributed by atoms with E-state index in [0.717, 1.165) is 57.1 Å². The van der Waals surface area contributed by atoms with Gasteiger partial charge in [-0.05, 0) is 25.7 Å². The van der Waals surface area contributed by atoms with Crippen molar-refractivity contribution >= 4 is 17.2 Å². The van der Waals surface area contributed by atoms with Gasteiger partial charge in [-0.3, -0.25) is 14.4 Å². The maximum atomic E-state index is 12.8. The molecule has 0 atom stereocenters. The van der Waals surface area contributed by atoms with Gasteiger partial charge < -0.3 is 14.4 Å². The second-order valence-corrected chi connectivity index (χ2v) is 8.26. The highest BCUT2D eigenvalue weighted by Crippen LogP contribution is 2.26. The largest absolute Gasteiger partial charge is 0.479 e. The number of likely N-dealkylation sites (tertiary alicyclic amines) is 2. The molecule has 9 heteroatoms. The number of thiazole rings is 1. The quantitative estimate of drug-likeness (QED) is 0.758. The Labute approximate surface area is 169 Å². The van der Waals surface area contributed by atoms with E-state index in [2.05, 4.69) is 15.0 Å². The molecule has 4 rings (SSSR count). The van der Waals surface area contributed by atoms with Gasteiger partial charge in [0.25, 0.3) is 11.1 Å². The third kappa shape index (κ3) is 4.15. The van der Waals surface area contributed by atoms with Crippen LogP contribution >= 0.6 is 11.3 Å². The molecule has 8 nitrogen and oxygen atoms in total. The van der Waals surface area contributed by atoms with Gasteiger partial charge in [-0.2, -0.15) is 0 Å². The van der Waals surface area contributed by atoms with E-state index in [0.29, 0.717) is 17.5 Å². The van der Waals surface area contributed by atoms with Crippen molar-refractivity contribution < 1.29 is 14.3 Å². The van der Waals surface area contributed by atoms with Crippen LogP contribution in [0, 0.1) is 0 Å². The van der Waals surface area contributed by atoms with Crippen molar-refractivity contribution in [3.8, 4) is 11.1 Å². The van der Waals surface area contributed by atoms with E-state index in [-0.39, 0.29) is 12.0 Å². The molecule has 2 aromatic rings. The minimum Gasteiger partial charge on any atom is -0.479 e. The lowest BCUT2D eigenvalue weighted by molar-refractivity contribution is 0.0423. The maximum Gasteiger partial charge on any atom is 0.273 e. The summed E-state index contributed by atoms with van der Waals surface area (Å²) in [5, 5.41) is 6.91. The predicted octanol–water partition coefficient (Wildman–Crippen LogP) is 2.03. The van der Waals surface area contributed by atoms with Crippen LogP contribution in [0.15, 0.2) is 17.8 Å². The average molecular weight is 406 g/mol. The molecule has 2 aliphatic heterocycles. The van der Waals surface area contributed by atoms with Crippen molar-refractivity contribution in [2.24, 2.45) is 7.05 Å². The highest BCUT2D eigenvalue weighted by Gasteiger charge is 2.31. The summed E-state index contributed by atoms with van der Waals surface area (Å²) >= 11 is 1.55. The molecule has 2 aliphatic rings. The second-order valence-electron chi connectivity index (χ2n) is 7.40. The van der Waals surface area contributed by atoms with E-state index in [9.17, 15) is 4.79 Å². The second kappa shape index (κ2) is 8.48. The molecule has 0 radical (unpaired) electrons. The first-order valence-electron chi connectivity index (χ1n) is 9.81. The first kappa shape index (κ1) is 19.2. The lowest BCUT2D eigenvalue weighted by Gasteiger charge is -2.41.